The summed E-state index contributed by atoms with van der Waals surface area (Å²) in [6.07, 6.45) is 0. The second kappa shape index (κ2) is 4.80. The Balaban J connectivity index is 2.92. The van der Waals surface area contributed by atoms with Crippen molar-refractivity contribution < 1.29 is 4.74 Å². The van der Waals surface area contributed by atoms with Gasteiger partial charge in [0, 0.05) is 0 Å². The molecule has 1 rings (SSSR count). The van der Waals surface area contributed by atoms with Crippen LogP contribution < -0.4 is 4.74 Å². The summed E-state index contributed by atoms with van der Waals surface area (Å²) in [5.41, 5.74) is 1.07. The highest BCUT2D eigenvalue weighted by Crippen LogP contribution is 2.44. The van der Waals surface area contributed by atoms with Gasteiger partial charge in [0.1, 0.15) is 5.75 Å². The number of halogens is 3. The van der Waals surface area contributed by atoms with Gasteiger partial charge in [-0.3, -0.25) is 0 Å². The summed E-state index contributed by atoms with van der Waals surface area (Å²) < 4.78 is 5.02. The SMILES string of the molecule is CCOc1cccc(C(Br)(Br)Br)c1. The van der Waals surface area contributed by atoms with Crippen molar-refractivity contribution in [3.63, 3.8) is 0 Å². The Bertz CT molecular complexity index is 280. The van der Waals surface area contributed by atoms with Gasteiger partial charge in [0.15, 0.2) is 2.14 Å². The van der Waals surface area contributed by atoms with E-state index < -0.39 is 0 Å². The molecule has 0 aromatic heterocycles. The first-order valence-corrected chi connectivity index (χ1v) is 6.22. The quantitative estimate of drug-likeness (QED) is 0.700. The Kier molecular flexibility index (Phi) is 4.26. The molecule has 0 fully saturated rings. The van der Waals surface area contributed by atoms with Crippen molar-refractivity contribution in [2.45, 2.75) is 9.07 Å². The fraction of sp³-hybridized carbons (Fsp3) is 0.333. The number of rotatable bonds is 2. The monoisotopic (exact) mass is 370 g/mol. The highest BCUT2D eigenvalue weighted by Gasteiger charge is 2.20. The zero-order valence-electron chi connectivity index (χ0n) is 7.06. The van der Waals surface area contributed by atoms with Crippen LogP contribution in [0.1, 0.15) is 12.5 Å². The van der Waals surface area contributed by atoms with Crippen LogP contribution in [0, 0.1) is 0 Å². The van der Waals surface area contributed by atoms with E-state index in [1.165, 1.54) is 0 Å². The molecule has 0 amide bonds. The Labute approximate surface area is 103 Å². The minimum absolute atomic E-state index is 0.361. The maximum absolute atomic E-state index is 5.38. The van der Waals surface area contributed by atoms with Gasteiger partial charge in [-0.1, -0.05) is 59.9 Å². The number of hydrogen-bond acceptors (Lipinski definition) is 1. The average Bonchev–Trinajstić information content (AvgIpc) is 2.04. The molecule has 0 unspecified atom stereocenters. The van der Waals surface area contributed by atoms with Crippen molar-refractivity contribution in [2.24, 2.45) is 0 Å². The van der Waals surface area contributed by atoms with Gasteiger partial charge < -0.3 is 4.74 Å². The van der Waals surface area contributed by atoms with E-state index in [4.69, 9.17) is 4.74 Å². The Hall–Kier alpha value is 0.460. The van der Waals surface area contributed by atoms with Crippen LogP contribution >= 0.6 is 47.8 Å². The Morgan fingerprint density at radius 2 is 2.00 bits per heavy atom. The predicted molar refractivity (Wildman–Crippen MR) is 66.1 cm³/mol. The summed E-state index contributed by atoms with van der Waals surface area (Å²) in [5, 5.41) is 0. The van der Waals surface area contributed by atoms with Crippen molar-refractivity contribution >= 4 is 47.8 Å². The van der Waals surface area contributed by atoms with E-state index >= 15 is 0 Å². The summed E-state index contributed by atoms with van der Waals surface area (Å²) in [4.78, 5) is 0. The molecule has 0 aliphatic rings. The highest BCUT2D eigenvalue weighted by atomic mass is 80.0. The van der Waals surface area contributed by atoms with Crippen LogP contribution in [0.25, 0.3) is 0 Å². The molecule has 1 aromatic rings. The third-order valence-corrected chi connectivity index (χ3v) is 2.85. The zero-order chi connectivity index (χ0) is 9.90. The fourth-order valence-corrected chi connectivity index (χ4v) is 1.67. The third kappa shape index (κ3) is 3.60. The molecule has 0 atom stereocenters. The molecular weight excluding hydrogens is 364 g/mol. The number of hydrogen-bond donors (Lipinski definition) is 0. The maximum atomic E-state index is 5.38. The van der Waals surface area contributed by atoms with Crippen LogP contribution in [0.2, 0.25) is 0 Å². The topological polar surface area (TPSA) is 9.23 Å². The van der Waals surface area contributed by atoms with Crippen LogP contribution in [0.4, 0.5) is 0 Å². The summed E-state index contributed by atoms with van der Waals surface area (Å²) in [6.45, 7) is 2.65. The number of benzene rings is 1. The van der Waals surface area contributed by atoms with Gasteiger partial charge in [-0.25, -0.2) is 0 Å². The molecule has 0 bridgehead atoms. The maximum Gasteiger partial charge on any atom is 0.160 e. The first kappa shape index (κ1) is 11.5. The Morgan fingerprint density at radius 1 is 1.31 bits per heavy atom. The van der Waals surface area contributed by atoms with Gasteiger partial charge in [-0.05, 0) is 24.6 Å². The van der Waals surface area contributed by atoms with Gasteiger partial charge in [-0.15, -0.1) is 0 Å². The van der Waals surface area contributed by atoms with Gasteiger partial charge in [0.2, 0.25) is 0 Å². The van der Waals surface area contributed by atoms with Crippen molar-refractivity contribution in [2.75, 3.05) is 6.61 Å². The van der Waals surface area contributed by atoms with E-state index in [-0.39, 0.29) is 2.14 Å². The molecular formula is C9H9Br3O. The lowest BCUT2D eigenvalue weighted by Gasteiger charge is -2.13. The van der Waals surface area contributed by atoms with Crippen LogP contribution in [0.3, 0.4) is 0 Å². The lowest BCUT2D eigenvalue weighted by atomic mass is 10.2. The molecule has 0 N–H and O–H groups in total. The molecule has 1 aromatic carbocycles. The van der Waals surface area contributed by atoms with Crippen molar-refractivity contribution in [1.29, 1.82) is 0 Å². The van der Waals surface area contributed by atoms with Crippen molar-refractivity contribution in [3.8, 4) is 5.75 Å². The molecule has 0 spiro atoms. The van der Waals surface area contributed by atoms with E-state index in [0.717, 1.165) is 11.3 Å². The number of ether oxygens (including phenoxy) is 1. The fourth-order valence-electron chi connectivity index (χ4n) is 0.929. The second-order valence-corrected chi connectivity index (χ2v) is 9.22. The van der Waals surface area contributed by atoms with Gasteiger partial charge in [0.05, 0.1) is 6.61 Å². The molecule has 72 valence electrons. The third-order valence-electron chi connectivity index (χ3n) is 1.47. The van der Waals surface area contributed by atoms with Gasteiger partial charge in [0.25, 0.3) is 0 Å². The van der Waals surface area contributed by atoms with E-state index in [1.807, 2.05) is 31.2 Å². The van der Waals surface area contributed by atoms with E-state index in [0.29, 0.717) is 6.61 Å². The minimum Gasteiger partial charge on any atom is -0.494 e. The van der Waals surface area contributed by atoms with Crippen molar-refractivity contribution in [1.82, 2.24) is 0 Å². The van der Waals surface area contributed by atoms with Crippen LogP contribution in [0.5, 0.6) is 5.75 Å². The second-order valence-electron chi connectivity index (χ2n) is 2.46. The highest BCUT2D eigenvalue weighted by molar-refractivity contribution is 9.38. The largest absolute Gasteiger partial charge is 0.494 e. The molecule has 0 radical (unpaired) electrons. The summed E-state index contributed by atoms with van der Waals surface area (Å²) in [6, 6.07) is 7.87. The zero-order valence-corrected chi connectivity index (χ0v) is 11.8. The molecule has 13 heavy (non-hydrogen) atoms. The molecule has 1 nitrogen and oxygen atoms in total. The van der Waals surface area contributed by atoms with Crippen LogP contribution in [-0.2, 0) is 2.14 Å². The molecule has 0 saturated carbocycles. The normalized spacial score (nSPS) is 11.4. The summed E-state index contributed by atoms with van der Waals surface area (Å²) in [7, 11) is 0. The molecule has 0 aliphatic carbocycles. The van der Waals surface area contributed by atoms with Crippen molar-refractivity contribution in [3.05, 3.63) is 29.8 Å². The van der Waals surface area contributed by atoms with Gasteiger partial charge >= 0.3 is 0 Å². The predicted octanol–water partition coefficient (Wildman–Crippen LogP) is 4.38. The first-order chi connectivity index (χ1) is 6.04. The first-order valence-electron chi connectivity index (χ1n) is 3.84. The van der Waals surface area contributed by atoms with E-state index in [9.17, 15) is 0 Å². The average molecular weight is 373 g/mol. The van der Waals surface area contributed by atoms with Crippen LogP contribution in [-0.4, -0.2) is 6.61 Å². The molecule has 0 heterocycles. The van der Waals surface area contributed by atoms with Gasteiger partial charge in [-0.2, -0.15) is 0 Å². The summed E-state index contributed by atoms with van der Waals surface area (Å²) in [5.74, 6) is 0.878. The lowest BCUT2D eigenvalue weighted by Crippen LogP contribution is -1.99. The summed E-state index contributed by atoms with van der Waals surface area (Å²) >= 11 is 10.3. The minimum atomic E-state index is -0.361. The van der Waals surface area contributed by atoms with E-state index in [1.54, 1.807) is 0 Å². The lowest BCUT2D eigenvalue weighted by molar-refractivity contribution is 0.340. The standard InChI is InChI=1S/C9H9Br3O/c1-2-13-8-5-3-4-7(6-8)9(10,11)12/h3-6H,2H2,1H3. The molecule has 0 aliphatic heterocycles. The molecule has 0 saturated heterocycles. The smallest absolute Gasteiger partial charge is 0.160 e. The Morgan fingerprint density at radius 3 is 2.54 bits per heavy atom. The molecule has 4 heteroatoms. The van der Waals surface area contributed by atoms with E-state index in [2.05, 4.69) is 47.8 Å². The van der Waals surface area contributed by atoms with Crippen LogP contribution in [0.15, 0.2) is 24.3 Å². The number of alkyl halides is 3.